The van der Waals surface area contributed by atoms with E-state index in [1.165, 1.54) is 18.3 Å². The molecule has 0 radical (unpaired) electrons. The second kappa shape index (κ2) is 3.69. The van der Waals surface area contributed by atoms with Crippen LogP contribution in [0.2, 0.25) is 0 Å². The van der Waals surface area contributed by atoms with Crippen molar-refractivity contribution in [1.82, 2.24) is 4.98 Å². The summed E-state index contributed by atoms with van der Waals surface area (Å²) in [5, 5.41) is 0. The molecule has 1 aromatic carbocycles. The predicted molar refractivity (Wildman–Crippen MR) is 57.2 cm³/mol. The fourth-order valence-electron chi connectivity index (χ4n) is 1.47. The van der Waals surface area contributed by atoms with Crippen molar-refractivity contribution in [3.63, 3.8) is 0 Å². The fourth-order valence-corrected chi connectivity index (χ4v) is 1.47. The highest BCUT2D eigenvalue weighted by atomic mass is 19.1. The van der Waals surface area contributed by atoms with Crippen LogP contribution in [0.5, 0.6) is 0 Å². The van der Waals surface area contributed by atoms with Crippen LogP contribution in [-0.2, 0) is 0 Å². The molecule has 1 aromatic heterocycles. The Kier molecular flexibility index (Phi) is 2.37. The normalized spacial score (nSPS) is 10.3. The van der Waals surface area contributed by atoms with Crippen molar-refractivity contribution in [2.45, 2.75) is 6.92 Å². The van der Waals surface area contributed by atoms with E-state index in [4.69, 9.17) is 0 Å². The second-order valence-electron chi connectivity index (χ2n) is 3.42. The maximum atomic E-state index is 13.5. The quantitative estimate of drug-likeness (QED) is 0.758. The van der Waals surface area contributed by atoms with E-state index in [1.54, 1.807) is 18.2 Å². The predicted octanol–water partition coefficient (Wildman–Crippen LogP) is 2.49. The summed E-state index contributed by atoms with van der Waals surface area (Å²) in [6.45, 7) is 1.89. The number of aromatic nitrogens is 1. The van der Waals surface area contributed by atoms with Gasteiger partial charge in [-0.25, -0.2) is 4.39 Å². The van der Waals surface area contributed by atoms with Crippen LogP contribution in [0.25, 0.3) is 11.1 Å². The molecule has 0 aliphatic rings. The molecule has 2 rings (SSSR count). The third-order valence-corrected chi connectivity index (χ3v) is 2.21. The lowest BCUT2D eigenvalue weighted by molar-refractivity contribution is 0.631. The van der Waals surface area contributed by atoms with Crippen molar-refractivity contribution in [3.05, 3.63) is 58.3 Å². The van der Waals surface area contributed by atoms with Crippen molar-refractivity contribution >= 4 is 0 Å². The summed E-state index contributed by atoms with van der Waals surface area (Å²) in [7, 11) is 0. The maximum Gasteiger partial charge on any atom is 0.248 e. The molecule has 2 nitrogen and oxygen atoms in total. The molecule has 15 heavy (non-hydrogen) atoms. The molecule has 0 amide bonds. The minimum atomic E-state index is -0.314. The maximum absolute atomic E-state index is 13.5. The highest BCUT2D eigenvalue weighted by molar-refractivity contribution is 5.64. The van der Waals surface area contributed by atoms with Gasteiger partial charge in [0.05, 0.1) is 0 Å². The Morgan fingerprint density at radius 3 is 2.73 bits per heavy atom. The van der Waals surface area contributed by atoms with Gasteiger partial charge in [0, 0.05) is 17.8 Å². The molecule has 0 aliphatic carbocycles. The zero-order valence-corrected chi connectivity index (χ0v) is 8.25. The lowest BCUT2D eigenvalue weighted by Crippen LogP contribution is -2.02. The van der Waals surface area contributed by atoms with Crippen molar-refractivity contribution in [2.75, 3.05) is 0 Å². The molecule has 0 atom stereocenters. The van der Waals surface area contributed by atoms with E-state index in [0.29, 0.717) is 11.1 Å². The number of nitrogens with one attached hydrogen (secondary N) is 1. The molecule has 3 heteroatoms. The van der Waals surface area contributed by atoms with Crippen LogP contribution >= 0.6 is 0 Å². The first-order chi connectivity index (χ1) is 7.16. The number of benzene rings is 1. The van der Waals surface area contributed by atoms with Gasteiger partial charge in [0.15, 0.2) is 0 Å². The molecule has 1 N–H and O–H groups in total. The summed E-state index contributed by atoms with van der Waals surface area (Å²) in [4.78, 5) is 13.6. The Bertz CT molecular complexity index is 545. The van der Waals surface area contributed by atoms with Crippen LogP contribution in [-0.4, -0.2) is 4.98 Å². The van der Waals surface area contributed by atoms with Gasteiger partial charge in [-0.1, -0.05) is 11.6 Å². The molecule has 0 saturated heterocycles. The van der Waals surface area contributed by atoms with Crippen LogP contribution in [0, 0.1) is 12.7 Å². The van der Waals surface area contributed by atoms with Crippen LogP contribution < -0.4 is 5.56 Å². The number of rotatable bonds is 1. The number of H-pyrrole nitrogens is 1. The number of hydrogen-bond donors (Lipinski definition) is 1. The highest BCUT2D eigenvalue weighted by Gasteiger charge is 2.04. The molecular formula is C12H10FNO. The van der Waals surface area contributed by atoms with Crippen molar-refractivity contribution in [3.8, 4) is 11.1 Å². The summed E-state index contributed by atoms with van der Waals surface area (Å²) in [6.07, 6.45) is 1.51. The third kappa shape index (κ3) is 1.96. The minimum Gasteiger partial charge on any atom is -0.329 e. The Morgan fingerprint density at radius 1 is 1.20 bits per heavy atom. The minimum absolute atomic E-state index is 0.228. The van der Waals surface area contributed by atoms with Crippen molar-refractivity contribution in [1.29, 1.82) is 0 Å². The van der Waals surface area contributed by atoms with Gasteiger partial charge in [-0.15, -0.1) is 0 Å². The van der Waals surface area contributed by atoms with Gasteiger partial charge in [-0.05, 0) is 30.7 Å². The summed E-state index contributed by atoms with van der Waals surface area (Å²) in [6, 6.07) is 7.90. The van der Waals surface area contributed by atoms with Crippen LogP contribution in [0.3, 0.4) is 0 Å². The first kappa shape index (κ1) is 9.65. The molecule has 0 aliphatic heterocycles. The molecule has 1 heterocycles. The topological polar surface area (TPSA) is 32.9 Å². The smallest absolute Gasteiger partial charge is 0.248 e. The number of aromatic amines is 1. The summed E-state index contributed by atoms with van der Waals surface area (Å²) in [5.41, 5.74) is 1.79. The fraction of sp³-hybridized carbons (Fsp3) is 0.0833. The standard InChI is InChI=1S/C12H10FNO/c1-8-2-3-11(13)10(6-8)9-4-5-14-12(15)7-9/h2-7H,1H3,(H,14,15). The second-order valence-corrected chi connectivity index (χ2v) is 3.42. The van der Waals surface area contributed by atoms with E-state index in [1.807, 2.05) is 6.92 Å². The Morgan fingerprint density at radius 2 is 2.00 bits per heavy atom. The molecule has 2 aromatic rings. The lowest BCUT2D eigenvalue weighted by Gasteiger charge is -2.03. The number of aryl methyl sites for hydroxylation is 1. The van der Waals surface area contributed by atoms with E-state index in [-0.39, 0.29) is 11.4 Å². The van der Waals surface area contributed by atoms with Crippen LogP contribution in [0.1, 0.15) is 5.56 Å². The summed E-state index contributed by atoms with van der Waals surface area (Å²) >= 11 is 0. The van der Waals surface area contributed by atoms with Crippen molar-refractivity contribution in [2.24, 2.45) is 0 Å². The molecule has 0 unspecified atom stereocenters. The van der Waals surface area contributed by atoms with E-state index >= 15 is 0 Å². The van der Waals surface area contributed by atoms with Gasteiger partial charge in [0.25, 0.3) is 0 Å². The molecule has 0 fully saturated rings. The SMILES string of the molecule is Cc1ccc(F)c(-c2cc[nH]c(=O)c2)c1. The van der Waals surface area contributed by atoms with E-state index in [2.05, 4.69) is 4.98 Å². The number of hydrogen-bond acceptors (Lipinski definition) is 1. The van der Waals surface area contributed by atoms with E-state index in [9.17, 15) is 9.18 Å². The van der Waals surface area contributed by atoms with Gasteiger partial charge >= 0.3 is 0 Å². The van der Waals surface area contributed by atoms with Crippen LogP contribution in [0.15, 0.2) is 41.3 Å². The third-order valence-electron chi connectivity index (χ3n) is 2.21. The van der Waals surface area contributed by atoms with E-state index < -0.39 is 0 Å². The van der Waals surface area contributed by atoms with Gasteiger partial charge in [0.2, 0.25) is 5.56 Å². The Balaban J connectivity index is 2.63. The van der Waals surface area contributed by atoms with E-state index in [0.717, 1.165) is 5.56 Å². The highest BCUT2D eigenvalue weighted by Crippen LogP contribution is 2.21. The van der Waals surface area contributed by atoms with Gasteiger partial charge < -0.3 is 4.98 Å². The van der Waals surface area contributed by atoms with Gasteiger partial charge in [-0.2, -0.15) is 0 Å². The number of halogens is 1. The number of pyridine rings is 1. The average Bonchev–Trinajstić information content (AvgIpc) is 2.22. The zero-order chi connectivity index (χ0) is 10.8. The summed E-state index contributed by atoms with van der Waals surface area (Å²) < 4.78 is 13.5. The first-order valence-electron chi connectivity index (χ1n) is 4.62. The summed E-state index contributed by atoms with van der Waals surface area (Å²) in [5.74, 6) is -0.314. The van der Waals surface area contributed by atoms with Gasteiger partial charge in [-0.3, -0.25) is 4.79 Å². The molecular weight excluding hydrogens is 193 g/mol. The molecule has 76 valence electrons. The Hall–Kier alpha value is -1.90. The molecule has 0 saturated carbocycles. The molecule has 0 spiro atoms. The van der Waals surface area contributed by atoms with Gasteiger partial charge in [0.1, 0.15) is 5.82 Å². The first-order valence-corrected chi connectivity index (χ1v) is 4.62. The van der Waals surface area contributed by atoms with Crippen LogP contribution in [0.4, 0.5) is 4.39 Å². The molecule has 0 bridgehead atoms. The zero-order valence-electron chi connectivity index (χ0n) is 8.25. The average molecular weight is 203 g/mol. The van der Waals surface area contributed by atoms with Crippen molar-refractivity contribution < 1.29 is 4.39 Å². The Labute approximate surface area is 86.4 Å². The lowest BCUT2D eigenvalue weighted by atomic mass is 10.0. The monoisotopic (exact) mass is 203 g/mol. The largest absolute Gasteiger partial charge is 0.329 e.